The van der Waals surface area contributed by atoms with Crippen LogP contribution in [0.2, 0.25) is 0 Å². The van der Waals surface area contributed by atoms with Crippen molar-refractivity contribution in [2.75, 3.05) is 6.61 Å². The average molecular weight is 395 g/mol. The maximum Gasteiger partial charge on any atom is 0.419 e. The zero-order valence-electron chi connectivity index (χ0n) is 16.3. The molecule has 7 heteroatoms. The number of hydrogen-bond donors (Lipinski definition) is 1. The first-order chi connectivity index (χ1) is 13.0. The molecule has 0 unspecified atom stereocenters. The molecule has 1 heterocycles. The zero-order valence-corrected chi connectivity index (χ0v) is 16.3. The Hall–Kier alpha value is -2.57. The number of rotatable bonds is 7. The molecule has 0 amide bonds. The monoisotopic (exact) mass is 395 g/mol. The van der Waals surface area contributed by atoms with E-state index in [0.29, 0.717) is 5.92 Å². The number of aromatic nitrogens is 1. The lowest BCUT2D eigenvalue weighted by Gasteiger charge is -2.19. The number of nitrogens with zero attached hydrogens (tertiary/aromatic N) is 1. The molecule has 2 aromatic rings. The number of alkyl halides is 3. The van der Waals surface area contributed by atoms with Crippen LogP contribution in [0, 0.1) is 18.8 Å². The average Bonchev–Trinajstić information content (AvgIpc) is 2.58. The molecule has 0 aliphatic carbocycles. The molecule has 0 spiro atoms. The molecule has 0 fully saturated rings. The van der Waals surface area contributed by atoms with Crippen LogP contribution in [0.1, 0.15) is 48.8 Å². The predicted octanol–water partition coefficient (Wildman–Crippen LogP) is 5.84. The van der Waals surface area contributed by atoms with E-state index >= 15 is 0 Å². The molecule has 1 atom stereocenters. The summed E-state index contributed by atoms with van der Waals surface area (Å²) in [4.78, 5) is 15.5. The Balaban J connectivity index is 2.44. The van der Waals surface area contributed by atoms with Gasteiger partial charge in [0, 0.05) is 6.20 Å². The van der Waals surface area contributed by atoms with Crippen molar-refractivity contribution in [1.29, 1.82) is 0 Å². The van der Waals surface area contributed by atoms with Gasteiger partial charge in [-0.2, -0.15) is 13.2 Å². The predicted molar refractivity (Wildman–Crippen MR) is 100 cm³/mol. The van der Waals surface area contributed by atoms with Gasteiger partial charge in [-0.3, -0.25) is 4.98 Å². The molecule has 0 aliphatic heterocycles. The highest BCUT2D eigenvalue weighted by molar-refractivity contribution is 5.97. The van der Waals surface area contributed by atoms with Crippen LogP contribution in [-0.2, 0) is 6.18 Å². The van der Waals surface area contributed by atoms with Crippen LogP contribution < -0.4 is 4.74 Å². The van der Waals surface area contributed by atoms with Gasteiger partial charge >= 0.3 is 12.1 Å². The van der Waals surface area contributed by atoms with Crippen LogP contribution in [-0.4, -0.2) is 22.7 Å². The second-order valence-electron chi connectivity index (χ2n) is 7.38. The van der Waals surface area contributed by atoms with Crippen LogP contribution >= 0.6 is 0 Å². The lowest BCUT2D eigenvalue weighted by molar-refractivity contribution is -0.139. The molecule has 152 valence electrons. The summed E-state index contributed by atoms with van der Waals surface area (Å²) < 4.78 is 46.3. The summed E-state index contributed by atoms with van der Waals surface area (Å²) >= 11 is 0. The van der Waals surface area contributed by atoms with Gasteiger partial charge in [0.25, 0.3) is 0 Å². The molecule has 1 aromatic carbocycles. The number of pyridine rings is 1. The number of aromatic carboxylic acids is 1. The number of ether oxygens (including phenoxy) is 1. The van der Waals surface area contributed by atoms with Crippen LogP contribution in [0.15, 0.2) is 30.5 Å². The van der Waals surface area contributed by atoms with Crippen LogP contribution in [0.4, 0.5) is 13.2 Å². The van der Waals surface area contributed by atoms with Crippen LogP contribution in [0.3, 0.4) is 0 Å². The third kappa shape index (κ3) is 5.24. The largest absolute Gasteiger partial charge is 0.493 e. The fourth-order valence-electron chi connectivity index (χ4n) is 3.23. The van der Waals surface area contributed by atoms with Gasteiger partial charge in [-0.25, -0.2) is 4.79 Å². The fraction of sp³-hybridized carbons (Fsp3) is 0.429. The molecule has 0 aliphatic rings. The molecule has 0 radical (unpaired) electrons. The van der Waals surface area contributed by atoms with Crippen molar-refractivity contribution < 1.29 is 27.8 Å². The standard InChI is InChI=1S/C21H24F3NO3/c1-12(2)9-13(3)11-28-18-6-5-15(10-17(18)21(22,23)24)16-7-8-25-14(4)19(16)20(26)27/h5-8,10,12-13H,9,11H2,1-4H3,(H,26,27)/t13-/m1/s1. The zero-order chi connectivity index (χ0) is 21.1. The minimum Gasteiger partial charge on any atom is -0.493 e. The minimum atomic E-state index is -4.63. The third-order valence-corrected chi connectivity index (χ3v) is 4.35. The van der Waals surface area contributed by atoms with Crippen molar-refractivity contribution in [2.45, 2.75) is 40.3 Å². The van der Waals surface area contributed by atoms with E-state index in [4.69, 9.17) is 4.74 Å². The van der Waals surface area contributed by atoms with Crippen molar-refractivity contribution >= 4 is 5.97 Å². The molecule has 0 saturated carbocycles. The van der Waals surface area contributed by atoms with Gasteiger partial charge in [0.05, 0.1) is 23.4 Å². The molecule has 4 nitrogen and oxygen atoms in total. The van der Waals surface area contributed by atoms with Crippen LogP contribution in [0.25, 0.3) is 11.1 Å². The van der Waals surface area contributed by atoms with E-state index in [1.54, 1.807) is 0 Å². The summed E-state index contributed by atoms with van der Waals surface area (Å²) in [6.07, 6.45) is -2.40. The van der Waals surface area contributed by atoms with E-state index in [-0.39, 0.29) is 40.7 Å². The number of benzene rings is 1. The van der Waals surface area contributed by atoms with Gasteiger partial charge in [-0.15, -0.1) is 0 Å². The Morgan fingerprint density at radius 1 is 1.21 bits per heavy atom. The molecule has 1 N–H and O–H groups in total. The summed E-state index contributed by atoms with van der Waals surface area (Å²) in [7, 11) is 0. The second kappa shape index (κ2) is 8.63. The number of carboxylic acids is 1. The first-order valence-corrected chi connectivity index (χ1v) is 9.04. The van der Waals surface area contributed by atoms with Crippen molar-refractivity contribution in [3.05, 3.63) is 47.3 Å². The maximum absolute atomic E-state index is 13.6. The van der Waals surface area contributed by atoms with Crippen molar-refractivity contribution in [3.63, 3.8) is 0 Å². The summed E-state index contributed by atoms with van der Waals surface area (Å²) in [6, 6.07) is 5.03. The Bertz CT molecular complexity index is 847. The summed E-state index contributed by atoms with van der Waals surface area (Å²) in [5, 5.41) is 9.42. The third-order valence-electron chi connectivity index (χ3n) is 4.35. The fourth-order valence-corrected chi connectivity index (χ4v) is 3.23. The molecule has 1 aromatic heterocycles. The van der Waals surface area contributed by atoms with Gasteiger partial charge in [0.2, 0.25) is 0 Å². The molecule has 28 heavy (non-hydrogen) atoms. The quantitative estimate of drug-likeness (QED) is 0.640. The Labute approximate surface area is 162 Å². The highest BCUT2D eigenvalue weighted by Crippen LogP contribution is 2.39. The van der Waals surface area contributed by atoms with Gasteiger partial charge in [-0.05, 0) is 54.5 Å². The van der Waals surface area contributed by atoms with Gasteiger partial charge in [0.1, 0.15) is 5.75 Å². The second-order valence-corrected chi connectivity index (χ2v) is 7.38. The number of aryl methyl sites for hydroxylation is 1. The van der Waals surface area contributed by atoms with Crippen molar-refractivity contribution in [1.82, 2.24) is 4.98 Å². The topological polar surface area (TPSA) is 59.4 Å². The van der Waals surface area contributed by atoms with E-state index in [1.807, 2.05) is 20.8 Å². The lowest BCUT2D eigenvalue weighted by Crippen LogP contribution is -2.14. The number of halogens is 3. The van der Waals surface area contributed by atoms with Gasteiger partial charge in [-0.1, -0.05) is 26.8 Å². The smallest absolute Gasteiger partial charge is 0.419 e. The number of carboxylic acid groups (broad SMARTS) is 1. The Morgan fingerprint density at radius 2 is 1.89 bits per heavy atom. The molecule has 0 bridgehead atoms. The Morgan fingerprint density at radius 3 is 2.46 bits per heavy atom. The SMILES string of the molecule is Cc1nccc(-c2ccc(OC[C@H](C)CC(C)C)c(C(F)(F)F)c2)c1C(=O)O. The summed E-state index contributed by atoms with van der Waals surface area (Å²) in [6.45, 7) is 7.70. The van der Waals surface area contributed by atoms with E-state index in [0.717, 1.165) is 12.5 Å². The summed E-state index contributed by atoms with van der Waals surface area (Å²) in [5.41, 5.74) is -0.466. The molecular formula is C21H24F3NO3. The highest BCUT2D eigenvalue weighted by Gasteiger charge is 2.35. The number of carbonyl (C=O) groups is 1. The van der Waals surface area contributed by atoms with Gasteiger partial charge in [0.15, 0.2) is 0 Å². The normalized spacial score (nSPS) is 12.9. The van der Waals surface area contributed by atoms with E-state index < -0.39 is 17.7 Å². The van der Waals surface area contributed by atoms with Crippen molar-refractivity contribution in [3.8, 4) is 16.9 Å². The van der Waals surface area contributed by atoms with E-state index in [2.05, 4.69) is 4.98 Å². The molecule has 2 rings (SSSR count). The number of hydrogen-bond acceptors (Lipinski definition) is 3. The maximum atomic E-state index is 13.6. The first kappa shape index (κ1) is 21.7. The molecular weight excluding hydrogens is 371 g/mol. The summed E-state index contributed by atoms with van der Waals surface area (Å²) in [5.74, 6) is -0.957. The van der Waals surface area contributed by atoms with Gasteiger partial charge < -0.3 is 9.84 Å². The van der Waals surface area contributed by atoms with Crippen LogP contribution in [0.5, 0.6) is 5.75 Å². The van der Waals surface area contributed by atoms with E-state index in [9.17, 15) is 23.1 Å². The van der Waals surface area contributed by atoms with E-state index in [1.165, 1.54) is 31.3 Å². The minimum absolute atomic E-state index is 0.113. The van der Waals surface area contributed by atoms with Crippen molar-refractivity contribution in [2.24, 2.45) is 11.8 Å². The Kier molecular flexibility index (Phi) is 6.69. The first-order valence-electron chi connectivity index (χ1n) is 9.04. The highest BCUT2D eigenvalue weighted by atomic mass is 19.4. The lowest BCUT2D eigenvalue weighted by atomic mass is 9.97. The molecule has 0 saturated heterocycles.